The highest BCUT2D eigenvalue weighted by Gasteiger charge is 2.30. The smallest absolute Gasteiger partial charge is 0.239 e. The highest BCUT2D eigenvalue weighted by atomic mass is 32.2. The first-order chi connectivity index (χ1) is 12.1. The quantitative estimate of drug-likeness (QED) is 0.608. The second-order valence-corrected chi connectivity index (χ2v) is 8.89. The molecule has 1 fully saturated rings. The Labute approximate surface area is 154 Å². The third kappa shape index (κ3) is 3.85. The van der Waals surface area contributed by atoms with Gasteiger partial charge in [-0.3, -0.25) is 0 Å². The van der Waals surface area contributed by atoms with Crippen molar-refractivity contribution in [3.05, 3.63) is 41.0 Å². The van der Waals surface area contributed by atoms with E-state index in [2.05, 4.69) is 57.7 Å². The van der Waals surface area contributed by atoms with E-state index in [9.17, 15) is 0 Å². The van der Waals surface area contributed by atoms with Gasteiger partial charge < -0.3 is 9.84 Å². The third-order valence-corrected chi connectivity index (χ3v) is 6.20. The van der Waals surface area contributed by atoms with Crippen molar-refractivity contribution in [3.63, 3.8) is 0 Å². The summed E-state index contributed by atoms with van der Waals surface area (Å²) in [5.74, 6) is 2.01. The number of thioether (sulfide) groups is 1. The fourth-order valence-corrected chi connectivity index (χ4v) is 4.32. The Bertz CT molecular complexity index is 887. The Morgan fingerprint density at radius 2 is 2.08 bits per heavy atom. The SMILES string of the molecule is Cc1ccc(Nc2nnc(SC(C)c3nc(C4CC4)no3)s2)cc1C. The summed E-state index contributed by atoms with van der Waals surface area (Å²) >= 11 is 3.11. The van der Waals surface area contributed by atoms with E-state index in [-0.39, 0.29) is 5.25 Å². The number of rotatable bonds is 6. The molecule has 1 unspecified atom stereocenters. The van der Waals surface area contributed by atoms with Gasteiger partial charge in [-0.1, -0.05) is 34.3 Å². The lowest BCUT2D eigenvalue weighted by Gasteiger charge is -2.05. The van der Waals surface area contributed by atoms with Crippen molar-refractivity contribution in [1.29, 1.82) is 0 Å². The minimum atomic E-state index is 0.0578. The van der Waals surface area contributed by atoms with Gasteiger partial charge in [-0.25, -0.2) is 0 Å². The monoisotopic (exact) mass is 373 g/mol. The van der Waals surface area contributed by atoms with Crippen LogP contribution in [-0.4, -0.2) is 20.3 Å². The predicted octanol–water partition coefficient (Wildman–Crippen LogP) is 5.01. The average Bonchev–Trinajstić information content (AvgIpc) is 3.15. The number of benzene rings is 1. The van der Waals surface area contributed by atoms with Crippen molar-refractivity contribution in [1.82, 2.24) is 20.3 Å². The summed E-state index contributed by atoms with van der Waals surface area (Å²) in [5.41, 5.74) is 3.55. The second-order valence-electron chi connectivity index (χ2n) is 6.32. The molecule has 4 rings (SSSR count). The molecule has 2 aromatic heterocycles. The molecule has 0 radical (unpaired) electrons. The van der Waals surface area contributed by atoms with Crippen molar-refractivity contribution in [2.45, 2.75) is 49.1 Å². The maximum atomic E-state index is 5.39. The molecule has 1 aromatic carbocycles. The summed E-state index contributed by atoms with van der Waals surface area (Å²) in [4.78, 5) is 4.50. The van der Waals surface area contributed by atoms with Crippen LogP contribution in [0.25, 0.3) is 0 Å². The van der Waals surface area contributed by atoms with Gasteiger partial charge in [0.2, 0.25) is 11.0 Å². The first-order valence-electron chi connectivity index (χ1n) is 8.26. The van der Waals surface area contributed by atoms with Gasteiger partial charge >= 0.3 is 0 Å². The largest absolute Gasteiger partial charge is 0.338 e. The van der Waals surface area contributed by atoms with Crippen molar-refractivity contribution in [2.24, 2.45) is 0 Å². The third-order valence-electron chi connectivity index (χ3n) is 4.19. The maximum Gasteiger partial charge on any atom is 0.239 e. The summed E-state index contributed by atoms with van der Waals surface area (Å²) in [7, 11) is 0. The summed E-state index contributed by atoms with van der Waals surface area (Å²) in [5, 5.41) is 16.7. The minimum Gasteiger partial charge on any atom is -0.338 e. The molecule has 0 aliphatic heterocycles. The molecule has 2 heterocycles. The number of aromatic nitrogens is 4. The predicted molar refractivity (Wildman–Crippen MR) is 99.7 cm³/mol. The Morgan fingerprint density at radius 1 is 1.24 bits per heavy atom. The fourth-order valence-electron chi connectivity index (χ4n) is 2.37. The number of aryl methyl sites for hydroxylation is 2. The number of hydrogen-bond donors (Lipinski definition) is 1. The van der Waals surface area contributed by atoms with Gasteiger partial charge in [0.15, 0.2) is 10.2 Å². The van der Waals surface area contributed by atoms with E-state index in [4.69, 9.17) is 4.52 Å². The average molecular weight is 374 g/mol. The Balaban J connectivity index is 1.40. The van der Waals surface area contributed by atoms with Gasteiger partial charge in [-0.15, -0.1) is 10.2 Å². The first-order valence-corrected chi connectivity index (χ1v) is 9.96. The topological polar surface area (TPSA) is 76.7 Å². The molecule has 8 heteroatoms. The van der Waals surface area contributed by atoms with Crippen LogP contribution >= 0.6 is 23.1 Å². The molecule has 1 atom stereocenters. The van der Waals surface area contributed by atoms with Gasteiger partial charge in [-0.05, 0) is 56.9 Å². The lowest BCUT2D eigenvalue weighted by Crippen LogP contribution is -1.91. The molecule has 1 aliphatic carbocycles. The van der Waals surface area contributed by atoms with Crippen LogP contribution in [0.4, 0.5) is 10.8 Å². The lowest BCUT2D eigenvalue weighted by atomic mass is 10.1. The van der Waals surface area contributed by atoms with Crippen molar-refractivity contribution >= 4 is 33.9 Å². The molecule has 1 saturated carbocycles. The summed E-state index contributed by atoms with van der Waals surface area (Å²) < 4.78 is 6.27. The Hall–Kier alpha value is -1.93. The molecule has 130 valence electrons. The lowest BCUT2D eigenvalue weighted by molar-refractivity contribution is 0.375. The standard InChI is InChI=1S/C17H19N5OS2/c1-9-4-7-13(8-10(9)2)18-16-20-21-17(25-16)24-11(3)15-19-14(22-23-15)12-5-6-12/h4,7-8,11-12H,5-6H2,1-3H3,(H,18,20). The van der Waals surface area contributed by atoms with Crippen LogP contribution in [0.1, 0.15) is 53.8 Å². The molecule has 0 spiro atoms. The number of nitrogens with one attached hydrogen (secondary N) is 1. The molecule has 0 saturated heterocycles. The van der Waals surface area contributed by atoms with Crippen molar-refractivity contribution in [2.75, 3.05) is 5.32 Å². The number of anilines is 2. The van der Waals surface area contributed by atoms with Gasteiger partial charge in [0.05, 0.1) is 5.25 Å². The zero-order valence-electron chi connectivity index (χ0n) is 14.3. The zero-order valence-corrected chi connectivity index (χ0v) is 15.9. The summed E-state index contributed by atoms with van der Waals surface area (Å²) in [6, 6.07) is 6.27. The Kier molecular flexibility index (Phi) is 4.47. The zero-order chi connectivity index (χ0) is 17.4. The van der Waals surface area contributed by atoms with Crippen molar-refractivity contribution < 1.29 is 4.52 Å². The molecular weight excluding hydrogens is 354 g/mol. The van der Waals surface area contributed by atoms with E-state index in [0.717, 1.165) is 21.0 Å². The maximum absolute atomic E-state index is 5.39. The number of hydrogen-bond acceptors (Lipinski definition) is 8. The number of nitrogens with zero attached hydrogens (tertiary/aromatic N) is 4. The van der Waals surface area contributed by atoms with E-state index in [0.29, 0.717) is 11.8 Å². The molecule has 0 bridgehead atoms. The van der Waals surface area contributed by atoms with Crippen LogP contribution in [0.2, 0.25) is 0 Å². The van der Waals surface area contributed by atoms with Gasteiger partial charge in [0.25, 0.3) is 0 Å². The normalized spacial score (nSPS) is 15.3. The van der Waals surface area contributed by atoms with Gasteiger partial charge in [-0.2, -0.15) is 4.98 Å². The van der Waals surface area contributed by atoms with Crippen LogP contribution in [0.15, 0.2) is 27.1 Å². The van der Waals surface area contributed by atoms with E-state index in [1.54, 1.807) is 11.8 Å². The first kappa shape index (κ1) is 16.5. The molecule has 3 aromatic rings. The van der Waals surface area contributed by atoms with E-state index in [1.165, 1.54) is 35.3 Å². The van der Waals surface area contributed by atoms with Crippen LogP contribution in [-0.2, 0) is 0 Å². The van der Waals surface area contributed by atoms with Crippen molar-refractivity contribution in [3.8, 4) is 0 Å². The van der Waals surface area contributed by atoms with Crippen LogP contribution in [0.3, 0.4) is 0 Å². The summed E-state index contributed by atoms with van der Waals surface area (Å²) in [6.07, 6.45) is 2.34. The second kappa shape index (κ2) is 6.76. The Morgan fingerprint density at radius 3 is 2.84 bits per heavy atom. The van der Waals surface area contributed by atoms with E-state index >= 15 is 0 Å². The van der Waals surface area contributed by atoms with E-state index in [1.807, 2.05) is 6.92 Å². The van der Waals surface area contributed by atoms with Crippen LogP contribution in [0, 0.1) is 13.8 Å². The molecular formula is C17H19N5OS2. The van der Waals surface area contributed by atoms with Gasteiger partial charge in [0, 0.05) is 11.6 Å². The van der Waals surface area contributed by atoms with Crippen LogP contribution < -0.4 is 5.32 Å². The summed E-state index contributed by atoms with van der Waals surface area (Å²) in [6.45, 7) is 6.25. The molecule has 0 amide bonds. The highest BCUT2D eigenvalue weighted by molar-refractivity contribution is 8.01. The fraction of sp³-hybridized carbons (Fsp3) is 0.412. The minimum absolute atomic E-state index is 0.0578. The highest BCUT2D eigenvalue weighted by Crippen LogP contribution is 2.41. The molecule has 1 N–H and O–H groups in total. The molecule has 6 nitrogen and oxygen atoms in total. The van der Waals surface area contributed by atoms with Crippen LogP contribution in [0.5, 0.6) is 0 Å². The van der Waals surface area contributed by atoms with Gasteiger partial charge in [0.1, 0.15) is 0 Å². The molecule has 25 heavy (non-hydrogen) atoms. The molecule has 1 aliphatic rings. The van der Waals surface area contributed by atoms with E-state index < -0.39 is 0 Å².